The molecule has 0 spiro atoms. The molecular formula is C20H26Cl2N2O2-2. The Kier molecular flexibility index (Phi) is 11.3. The van der Waals surface area contributed by atoms with Crippen LogP contribution in [-0.2, 0) is 17.9 Å². The van der Waals surface area contributed by atoms with Gasteiger partial charge in [0.2, 0.25) is 0 Å². The van der Waals surface area contributed by atoms with Gasteiger partial charge in [0.15, 0.2) is 0 Å². The Morgan fingerprint density at radius 2 is 1.62 bits per heavy atom. The largest absolute Gasteiger partial charge is 1.00 e. The molecule has 1 aliphatic heterocycles. The van der Waals surface area contributed by atoms with E-state index in [0.717, 1.165) is 51.7 Å². The van der Waals surface area contributed by atoms with E-state index in [4.69, 9.17) is 9.47 Å². The predicted octanol–water partition coefficient (Wildman–Crippen LogP) is -3.30. The second-order valence-corrected chi connectivity index (χ2v) is 6.01. The average Bonchev–Trinajstić information content (AvgIpc) is 2.66. The molecule has 4 nitrogen and oxygen atoms in total. The minimum Gasteiger partial charge on any atom is -1.00 e. The molecule has 26 heavy (non-hydrogen) atoms. The van der Waals surface area contributed by atoms with Crippen LogP contribution in [0.15, 0.2) is 54.6 Å². The standard InChI is InChI=1S/C20H26N2O2.2ClH/c1-2-6-18(7-3-1)17-24-20-9-5-4-8-19(20)16-21-10-11-22-12-14-23-15-13-22;;/h1-9,21H,10-17H2;2*1H/p-2. The Labute approximate surface area is 168 Å². The first-order valence-corrected chi connectivity index (χ1v) is 8.67. The van der Waals surface area contributed by atoms with Crippen LogP contribution < -0.4 is 34.9 Å². The average molecular weight is 397 g/mol. The number of nitrogens with zero attached hydrogens (tertiary/aromatic N) is 1. The van der Waals surface area contributed by atoms with E-state index in [1.54, 1.807) is 0 Å². The number of halogens is 2. The highest BCUT2D eigenvalue weighted by molar-refractivity contribution is 5.33. The van der Waals surface area contributed by atoms with E-state index >= 15 is 0 Å². The van der Waals surface area contributed by atoms with Crippen molar-refractivity contribution >= 4 is 0 Å². The summed E-state index contributed by atoms with van der Waals surface area (Å²) in [5, 5.41) is 3.53. The molecule has 0 amide bonds. The fourth-order valence-corrected chi connectivity index (χ4v) is 2.81. The number of nitrogens with one attached hydrogen (secondary N) is 1. The van der Waals surface area contributed by atoms with Crippen LogP contribution in [-0.4, -0.2) is 44.3 Å². The van der Waals surface area contributed by atoms with Crippen LogP contribution in [0.1, 0.15) is 11.1 Å². The van der Waals surface area contributed by atoms with Crippen LogP contribution in [0.25, 0.3) is 0 Å². The molecular weight excluding hydrogens is 371 g/mol. The van der Waals surface area contributed by atoms with Gasteiger partial charge in [-0.2, -0.15) is 0 Å². The van der Waals surface area contributed by atoms with Crippen molar-refractivity contribution < 1.29 is 34.3 Å². The number of hydrogen-bond donors (Lipinski definition) is 1. The lowest BCUT2D eigenvalue weighted by Crippen LogP contribution is -3.00. The SMILES string of the molecule is [Cl-].[Cl-].c1ccc(COc2ccccc2CNCCN2CCOCC2)cc1. The molecule has 0 unspecified atom stereocenters. The van der Waals surface area contributed by atoms with Gasteiger partial charge < -0.3 is 39.6 Å². The molecule has 3 rings (SSSR count). The molecule has 0 atom stereocenters. The van der Waals surface area contributed by atoms with Crippen molar-refractivity contribution in [1.82, 2.24) is 10.2 Å². The van der Waals surface area contributed by atoms with Crippen molar-refractivity contribution in [2.75, 3.05) is 39.4 Å². The zero-order chi connectivity index (χ0) is 16.5. The maximum Gasteiger partial charge on any atom is 0.124 e. The summed E-state index contributed by atoms with van der Waals surface area (Å²) in [7, 11) is 0. The van der Waals surface area contributed by atoms with E-state index < -0.39 is 0 Å². The minimum atomic E-state index is 0. The Balaban J connectivity index is 0.00000169. The maximum absolute atomic E-state index is 6.00. The maximum atomic E-state index is 6.00. The van der Waals surface area contributed by atoms with Crippen LogP contribution in [0, 0.1) is 0 Å². The molecule has 0 radical (unpaired) electrons. The molecule has 1 aliphatic rings. The predicted molar refractivity (Wildman–Crippen MR) is 96.2 cm³/mol. The summed E-state index contributed by atoms with van der Waals surface area (Å²) in [5.41, 5.74) is 2.39. The molecule has 6 heteroatoms. The van der Waals surface area contributed by atoms with Crippen LogP contribution in [0.3, 0.4) is 0 Å². The second kappa shape index (κ2) is 13.0. The molecule has 144 valence electrons. The zero-order valence-electron chi connectivity index (χ0n) is 14.9. The number of hydrogen-bond acceptors (Lipinski definition) is 4. The number of ether oxygens (including phenoxy) is 2. The van der Waals surface area contributed by atoms with E-state index in [1.165, 1.54) is 11.1 Å². The highest BCUT2D eigenvalue weighted by Gasteiger charge is 2.09. The normalized spacial score (nSPS) is 14.2. The number of benzene rings is 2. The van der Waals surface area contributed by atoms with Crippen molar-refractivity contribution in [3.8, 4) is 5.75 Å². The van der Waals surface area contributed by atoms with Crippen molar-refractivity contribution in [1.29, 1.82) is 0 Å². The van der Waals surface area contributed by atoms with E-state index in [0.29, 0.717) is 6.61 Å². The Morgan fingerprint density at radius 1 is 0.923 bits per heavy atom. The van der Waals surface area contributed by atoms with Crippen LogP contribution in [0.5, 0.6) is 5.75 Å². The van der Waals surface area contributed by atoms with Crippen molar-refractivity contribution in [2.45, 2.75) is 13.2 Å². The highest BCUT2D eigenvalue weighted by atomic mass is 35.5. The van der Waals surface area contributed by atoms with Gasteiger partial charge in [0.05, 0.1) is 13.2 Å². The molecule has 1 heterocycles. The molecule has 1 N–H and O–H groups in total. The monoisotopic (exact) mass is 396 g/mol. The van der Waals surface area contributed by atoms with Crippen molar-refractivity contribution in [2.24, 2.45) is 0 Å². The molecule has 0 bridgehead atoms. The molecule has 1 fully saturated rings. The van der Waals surface area contributed by atoms with Crippen molar-refractivity contribution in [3.05, 3.63) is 65.7 Å². The van der Waals surface area contributed by atoms with Crippen LogP contribution >= 0.6 is 0 Å². The Hall–Kier alpha value is -1.30. The second-order valence-electron chi connectivity index (χ2n) is 6.01. The van der Waals surface area contributed by atoms with Gasteiger partial charge in [0.25, 0.3) is 0 Å². The summed E-state index contributed by atoms with van der Waals surface area (Å²) in [6.45, 7) is 7.27. The molecule has 0 aliphatic carbocycles. The first-order chi connectivity index (χ1) is 11.9. The summed E-state index contributed by atoms with van der Waals surface area (Å²) in [4.78, 5) is 2.44. The third-order valence-corrected chi connectivity index (χ3v) is 4.23. The number of rotatable bonds is 8. The Morgan fingerprint density at radius 3 is 2.38 bits per heavy atom. The van der Waals surface area contributed by atoms with E-state index in [1.807, 2.05) is 30.3 Å². The minimum absolute atomic E-state index is 0. The molecule has 2 aromatic rings. The van der Waals surface area contributed by atoms with E-state index in [2.05, 4.69) is 34.5 Å². The molecule has 2 aromatic carbocycles. The fraction of sp³-hybridized carbons (Fsp3) is 0.400. The summed E-state index contributed by atoms with van der Waals surface area (Å²) < 4.78 is 11.4. The van der Waals surface area contributed by atoms with Gasteiger partial charge in [0.1, 0.15) is 12.4 Å². The van der Waals surface area contributed by atoms with E-state index in [9.17, 15) is 0 Å². The lowest BCUT2D eigenvalue weighted by molar-refractivity contribution is -0.00100. The van der Waals surface area contributed by atoms with Crippen molar-refractivity contribution in [3.63, 3.8) is 0 Å². The molecule has 0 aromatic heterocycles. The first kappa shape index (κ1) is 22.7. The van der Waals surface area contributed by atoms with Gasteiger partial charge in [-0.3, -0.25) is 4.90 Å². The van der Waals surface area contributed by atoms with Crippen LogP contribution in [0.4, 0.5) is 0 Å². The smallest absolute Gasteiger partial charge is 0.124 e. The summed E-state index contributed by atoms with van der Waals surface area (Å²) in [6, 6.07) is 18.5. The lowest BCUT2D eigenvalue weighted by atomic mass is 10.2. The third-order valence-electron chi connectivity index (χ3n) is 4.23. The number of para-hydroxylation sites is 1. The van der Waals surface area contributed by atoms with Gasteiger partial charge in [-0.1, -0.05) is 48.5 Å². The summed E-state index contributed by atoms with van der Waals surface area (Å²) >= 11 is 0. The van der Waals surface area contributed by atoms with Crippen LogP contribution in [0.2, 0.25) is 0 Å². The van der Waals surface area contributed by atoms with Gasteiger partial charge in [-0.15, -0.1) is 0 Å². The quantitative estimate of drug-likeness (QED) is 0.474. The lowest BCUT2D eigenvalue weighted by Gasteiger charge is -2.26. The van der Waals surface area contributed by atoms with Gasteiger partial charge >= 0.3 is 0 Å². The summed E-state index contributed by atoms with van der Waals surface area (Å²) in [5.74, 6) is 0.959. The summed E-state index contributed by atoms with van der Waals surface area (Å²) in [6.07, 6.45) is 0. The molecule has 1 saturated heterocycles. The first-order valence-electron chi connectivity index (χ1n) is 8.67. The van der Waals surface area contributed by atoms with Gasteiger partial charge in [0, 0.05) is 38.3 Å². The third kappa shape index (κ3) is 7.52. The highest BCUT2D eigenvalue weighted by Crippen LogP contribution is 2.19. The molecule has 0 saturated carbocycles. The zero-order valence-corrected chi connectivity index (χ0v) is 16.4. The van der Waals surface area contributed by atoms with E-state index in [-0.39, 0.29) is 24.8 Å². The van der Waals surface area contributed by atoms with Gasteiger partial charge in [-0.25, -0.2) is 0 Å². The fourth-order valence-electron chi connectivity index (χ4n) is 2.81. The number of morpholine rings is 1. The topological polar surface area (TPSA) is 33.7 Å². The van der Waals surface area contributed by atoms with Gasteiger partial charge in [-0.05, 0) is 11.6 Å². The Bertz CT molecular complexity index is 608.